The van der Waals surface area contributed by atoms with E-state index in [0.29, 0.717) is 4.08 Å². The maximum Gasteiger partial charge on any atom is 0.134 e. The molecular weight excluding hydrogens is 260 g/mol. The third-order valence-corrected chi connectivity index (χ3v) is 8.39. The van der Waals surface area contributed by atoms with Crippen LogP contribution in [0.2, 0.25) is 0 Å². The predicted molar refractivity (Wildman–Crippen MR) is 80.7 cm³/mol. The average molecular weight is 280 g/mol. The summed E-state index contributed by atoms with van der Waals surface area (Å²) >= 11 is 4.16. The highest BCUT2D eigenvalue weighted by atomic mass is 32.2. The molecule has 2 aliphatic carbocycles. The number of terminal acetylenes is 1. The Kier molecular flexibility index (Phi) is 3.05. The van der Waals surface area contributed by atoms with Crippen molar-refractivity contribution >= 4 is 23.5 Å². The summed E-state index contributed by atoms with van der Waals surface area (Å²) in [4.78, 5) is 0. The van der Waals surface area contributed by atoms with Crippen LogP contribution in [0.1, 0.15) is 39.0 Å². The standard InChI is InChI=1S/C15H20OS2/c1-3-14(16)6-4-5-12-11-15(17-9-10-18-15)8-7-13(12,14)2/h1,11,16H,4-10H2,2H3. The van der Waals surface area contributed by atoms with Crippen molar-refractivity contribution in [3.63, 3.8) is 0 Å². The lowest BCUT2D eigenvalue weighted by molar-refractivity contribution is -0.0362. The molecule has 0 aromatic carbocycles. The Balaban J connectivity index is 2.01. The molecule has 2 fully saturated rings. The van der Waals surface area contributed by atoms with Crippen LogP contribution in [-0.2, 0) is 0 Å². The van der Waals surface area contributed by atoms with Gasteiger partial charge in [-0.2, -0.15) is 0 Å². The number of thioether (sulfide) groups is 2. The Morgan fingerprint density at radius 3 is 2.67 bits per heavy atom. The Bertz CT molecular complexity index is 430. The zero-order valence-corrected chi connectivity index (χ0v) is 12.5. The van der Waals surface area contributed by atoms with Gasteiger partial charge in [-0.1, -0.05) is 24.5 Å². The molecule has 0 radical (unpaired) electrons. The molecule has 3 aliphatic rings. The highest BCUT2D eigenvalue weighted by Crippen LogP contribution is 2.60. The van der Waals surface area contributed by atoms with E-state index in [1.54, 1.807) is 0 Å². The molecule has 0 amide bonds. The second-order valence-corrected chi connectivity index (χ2v) is 8.98. The van der Waals surface area contributed by atoms with E-state index < -0.39 is 5.60 Å². The molecule has 2 atom stereocenters. The fourth-order valence-corrected chi connectivity index (χ4v) is 6.78. The molecule has 1 saturated heterocycles. The molecule has 98 valence electrons. The first-order valence-electron chi connectivity index (χ1n) is 6.74. The van der Waals surface area contributed by atoms with Crippen molar-refractivity contribution < 1.29 is 5.11 Å². The Hall–Kier alpha value is -0.0400. The fourth-order valence-electron chi connectivity index (χ4n) is 3.64. The summed E-state index contributed by atoms with van der Waals surface area (Å²) in [5, 5.41) is 10.8. The van der Waals surface area contributed by atoms with E-state index in [0.717, 1.165) is 32.1 Å². The van der Waals surface area contributed by atoms with E-state index in [9.17, 15) is 5.11 Å². The molecule has 18 heavy (non-hydrogen) atoms. The van der Waals surface area contributed by atoms with Gasteiger partial charge in [0.05, 0.1) is 4.08 Å². The molecule has 1 heterocycles. The van der Waals surface area contributed by atoms with Gasteiger partial charge in [0.2, 0.25) is 0 Å². The van der Waals surface area contributed by atoms with Gasteiger partial charge in [-0.15, -0.1) is 29.9 Å². The first-order chi connectivity index (χ1) is 8.54. The molecule has 1 spiro atoms. The Morgan fingerprint density at radius 1 is 1.28 bits per heavy atom. The van der Waals surface area contributed by atoms with Crippen LogP contribution < -0.4 is 0 Å². The van der Waals surface area contributed by atoms with Crippen molar-refractivity contribution in [2.45, 2.75) is 48.7 Å². The fraction of sp³-hybridized carbons (Fsp3) is 0.733. The second-order valence-electron chi connectivity index (χ2n) is 5.87. The summed E-state index contributed by atoms with van der Waals surface area (Å²) in [5.41, 5.74) is 0.309. The first-order valence-corrected chi connectivity index (χ1v) is 8.71. The van der Waals surface area contributed by atoms with Gasteiger partial charge in [0.15, 0.2) is 0 Å². The summed E-state index contributed by atoms with van der Waals surface area (Å²) in [6.45, 7) is 2.18. The second kappa shape index (κ2) is 4.23. The molecule has 3 rings (SSSR count). The molecule has 0 aromatic heterocycles. The Labute approximate surface area is 118 Å². The van der Waals surface area contributed by atoms with Gasteiger partial charge in [0.1, 0.15) is 5.60 Å². The van der Waals surface area contributed by atoms with Crippen molar-refractivity contribution in [2.24, 2.45) is 5.41 Å². The lowest BCUT2D eigenvalue weighted by Crippen LogP contribution is -2.51. The topological polar surface area (TPSA) is 20.2 Å². The highest BCUT2D eigenvalue weighted by molar-refractivity contribution is 8.21. The first kappa shape index (κ1) is 13.0. The van der Waals surface area contributed by atoms with Crippen LogP contribution >= 0.6 is 23.5 Å². The monoisotopic (exact) mass is 280 g/mol. The molecule has 1 nitrogen and oxygen atoms in total. The van der Waals surface area contributed by atoms with Crippen LogP contribution in [0.4, 0.5) is 0 Å². The van der Waals surface area contributed by atoms with E-state index in [4.69, 9.17) is 6.42 Å². The highest BCUT2D eigenvalue weighted by Gasteiger charge is 2.54. The number of aliphatic hydroxyl groups is 1. The number of fused-ring (bicyclic) bond motifs is 1. The number of hydrogen-bond donors (Lipinski definition) is 1. The summed E-state index contributed by atoms with van der Waals surface area (Å²) < 4.78 is 0.293. The van der Waals surface area contributed by atoms with Gasteiger partial charge in [-0.3, -0.25) is 0 Å². The third kappa shape index (κ3) is 1.69. The van der Waals surface area contributed by atoms with E-state index >= 15 is 0 Å². The van der Waals surface area contributed by atoms with Crippen LogP contribution in [0, 0.1) is 17.8 Å². The summed E-state index contributed by atoms with van der Waals surface area (Å²) in [6.07, 6.45) is 13.2. The number of rotatable bonds is 0. The largest absolute Gasteiger partial charge is 0.377 e. The summed E-state index contributed by atoms with van der Waals surface area (Å²) in [5.74, 6) is 5.21. The van der Waals surface area contributed by atoms with Crippen molar-refractivity contribution in [2.75, 3.05) is 11.5 Å². The molecular formula is C15H20OS2. The molecule has 1 aliphatic heterocycles. The minimum Gasteiger partial charge on any atom is -0.377 e. The van der Waals surface area contributed by atoms with Crippen LogP contribution in [0.15, 0.2) is 11.6 Å². The lowest BCUT2D eigenvalue weighted by Gasteiger charge is -2.51. The van der Waals surface area contributed by atoms with Crippen LogP contribution in [0.5, 0.6) is 0 Å². The van der Waals surface area contributed by atoms with Crippen LogP contribution in [0.3, 0.4) is 0 Å². The molecule has 2 unspecified atom stereocenters. The van der Waals surface area contributed by atoms with Crippen molar-refractivity contribution in [3.8, 4) is 12.3 Å². The lowest BCUT2D eigenvalue weighted by atomic mass is 9.57. The zero-order valence-electron chi connectivity index (χ0n) is 10.9. The maximum atomic E-state index is 10.8. The van der Waals surface area contributed by atoms with Crippen molar-refractivity contribution in [3.05, 3.63) is 11.6 Å². The van der Waals surface area contributed by atoms with Gasteiger partial charge in [0.25, 0.3) is 0 Å². The quantitative estimate of drug-likeness (QED) is 0.542. The van der Waals surface area contributed by atoms with Crippen molar-refractivity contribution in [1.82, 2.24) is 0 Å². The van der Waals surface area contributed by atoms with Crippen LogP contribution in [-0.4, -0.2) is 26.3 Å². The van der Waals surface area contributed by atoms with E-state index in [1.165, 1.54) is 17.1 Å². The average Bonchev–Trinajstić information content (AvgIpc) is 2.81. The molecule has 1 N–H and O–H groups in total. The smallest absolute Gasteiger partial charge is 0.134 e. The minimum atomic E-state index is -0.924. The Morgan fingerprint density at radius 2 is 2.00 bits per heavy atom. The van der Waals surface area contributed by atoms with Crippen LogP contribution in [0.25, 0.3) is 0 Å². The summed E-state index contributed by atoms with van der Waals surface area (Å²) in [7, 11) is 0. The van der Waals surface area contributed by atoms with Gasteiger partial charge in [-0.25, -0.2) is 0 Å². The van der Waals surface area contributed by atoms with E-state index in [2.05, 4.69) is 42.4 Å². The SMILES string of the molecule is C#CC1(O)CCCC2=CC3(CCC21C)SCCS3. The van der Waals surface area contributed by atoms with Gasteiger partial charge in [0, 0.05) is 16.9 Å². The van der Waals surface area contributed by atoms with E-state index in [-0.39, 0.29) is 5.41 Å². The van der Waals surface area contributed by atoms with Gasteiger partial charge in [-0.05, 0) is 32.1 Å². The predicted octanol–water partition coefficient (Wildman–Crippen LogP) is 3.44. The molecule has 0 bridgehead atoms. The maximum absolute atomic E-state index is 10.8. The zero-order chi connectivity index (χ0) is 12.9. The third-order valence-electron chi connectivity index (χ3n) is 4.99. The molecule has 0 aromatic rings. The van der Waals surface area contributed by atoms with Crippen molar-refractivity contribution in [1.29, 1.82) is 0 Å². The van der Waals surface area contributed by atoms with E-state index in [1.807, 2.05) is 0 Å². The van der Waals surface area contributed by atoms with Gasteiger partial charge >= 0.3 is 0 Å². The van der Waals surface area contributed by atoms with Gasteiger partial charge < -0.3 is 5.11 Å². The normalized spacial score (nSPS) is 42.2. The summed E-state index contributed by atoms with van der Waals surface area (Å²) in [6, 6.07) is 0. The minimum absolute atomic E-state index is 0.186. The molecule has 3 heteroatoms. The molecule has 1 saturated carbocycles. The number of hydrogen-bond acceptors (Lipinski definition) is 3.